The molecule has 2 nitrogen and oxygen atoms in total. The number of rotatable bonds is 4. The van der Waals surface area contributed by atoms with Crippen LogP contribution in [-0.4, -0.2) is 36.6 Å². The van der Waals surface area contributed by atoms with Crippen LogP contribution in [0.4, 0.5) is 0 Å². The average molecular weight is 252 g/mol. The van der Waals surface area contributed by atoms with Crippen molar-refractivity contribution in [1.82, 2.24) is 10.2 Å². The zero-order chi connectivity index (χ0) is 13.0. The van der Waals surface area contributed by atoms with Crippen LogP contribution < -0.4 is 5.32 Å². The Hall–Kier alpha value is -0.0800. The largest absolute Gasteiger partial charge is 0.316 e. The molecule has 0 aromatic carbocycles. The Kier molecular flexibility index (Phi) is 5.50. The predicted octanol–water partition coefficient (Wildman–Crippen LogP) is 3.28. The summed E-state index contributed by atoms with van der Waals surface area (Å²) < 4.78 is 0. The van der Waals surface area contributed by atoms with E-state index in [1.807, 2.05) is 0 Å². The highest BCUT2D eigenvalue weighted by Gasteiger charge is 2.30. The van der Waals surface area contributed by atoms with Crippen LogP contribution in [0.3, 0.4) is 0 Å². The fraction of sp³-hybridized carbons (Fsp3) is 1.00. The lowest BCUT2D eigenvalue weighted by atomic mass is 9.83. The summed E-state index contributed by atoms with van der Waals surface area (Å²) in [6.07, 6.45) is 8.57. The first-order valence-electron chi connectivity index (χ1n) is 8.15. The van der Waals surface area contributed by atoms with Gasteiger partial charge in [-0.05, 0) is 64.5 Å². The van der Waals surface area contributed by atoms with Crippen LogP contribution in [0.5, 0.6) is 0 Å². The van der Waals surface area contributed by atoms with Crippen LogP contribution in [0.2, 0.25) is 0 Å². The summed E-state index contributed by atoms with van der Waals surface area (Å²) in [6, 6.07) is 1.55. The Morgan fingerprint density at radius 2 is 1.89 bits per heavy atom. The zero-order valence-corrected chi connectivity index (χ0v) is 12.6. The number of piperidine rings is 1. The molecule has 0 amide bonds. The van der Waals surface area contributed by atoms with Crippen molar-refractivity contribution in [3.63, 3.8) is 0 Å². The molecule has 2 fully saturated rings. The van der Waals surface area contributed by atoms with E-state index in [0.29, 0.717) is 6.04 Å². The molecular formula is C16H32N2. The fourth-order valence-electron chi connectivity index (χ4n) is 3.90. The van der Waals surface area contributed by atoms with Crippen LogP contribution in [0.15, 0.2) is 0 Å². The van der Waals surface area contributed by atoms with Gasteiger partial charge in [0.25, 0.3) is 0 Å². The maximum absolute atomic E-state index is 3.57. The van der Waals surface area contributed by atoms with Gasteiger partial charge in [0.05, 0.1) is 0 Å². The summed E-state index contributed by atoms with van der Waals surface area (Å²) >= 11 is 0. The summed E-state index contributed by atoms with van der Waals surface area (Å²) in [7, 11) is 0. The minimum absolute atomic E-state index is 0.706. The van der Waals surface area contributed by atoms with E-state index in [1.165, 1.54) is 58.2 Å². The van der Waals surface area contributed by atoms with Crippen LogP contribution in [0.1, 0.15) is 59.3 Å². The first-order chi connectivity index (χ1) is 8.68. The van der Waals surface area contributed by atoms with Gasteiger partial charge in [0.1, 0.15) is 0 Å². The highest BCUT2D eigenvalue weighted by molar-refractivity contribution is 4.85. The van der Waals surface area contributed by atoms with Crippen molar-refractivity contribution in [3.05, 3.63) is 0 Å². The molecule has 1 aliphatic carbocycles. The van der Waals surface area contributed by atoms with Gasteiger partial charge in [-0.25, -0.2) is 0 Å². The first-order valence-corrected chi connectivity index (χ1v) is 8.15. The van der Waals surface area contributed by atoms with Gasteiger partial charge in [-0.3, -0.25) is 4.90 Å². The summed E-state index contributed by atoms with van der Waals surface area (Å²) in [6.45, 7) is 11.0. The summed E-state index contributed by atoms with van der Waals surface area (Å²) in [4.78, 5) is 2.82. The first kappa shape index (κ1) is 14.3. The SMILES string of the molecule is CC1CCCCC1N(CC1CCCNC1)C(C)C. The third kappa shape index (κ3) is 3.71. The maximum atomic E-state index is 3.57. The van der Waals surface area contributed by atoms with Crippen LogP contribution in [0, 0.1) is 11.8 Å². The van der Waals surface area contributed by atoms with E-state index >= 15 is 0 Å². The molecule has 106 valence electrons. The minimum atomic E-state index is 0.706. The second-order valence-electron chi connectivity index (χ2n) is 6.83. The average Bonchev–Trinajstić information content (AvgIpc) is 2.38. The molecule has 2 aliphatic rings. The molecular weight excluding hydrogens is 220 g/mol. The second-order valence-corrected chi connectivity index (χ2v) is 6.83. The molecule has 0 spiro atoms. The van der Waals surface area contributed by atoms with E-state index in [0.717, 1.165) is 17.9 Å². The third-order valence-corrected chi connectivity index (χ3v) is 5.02. The Balaban J connectivity index is 1.93. The standard InChI is InChI=1S/C16H32N2/c1-13(2)18(12-15-8-6-10-17-11-15)16-9-5-4-7-14(16)3/h13-17H,4-12H2,1-3H3. The smallest absolute Gasteiger partial charge is 0.0124 e. The van der Waals surface area contributed by atoms with E-state index < -0.39 is 0 Å². The number of hydrogen-bond acceptors (Lipinski definition) is 2. The molecule has 1 aliphatic heterocycles. The van der Waals surface area contributed by atoms with Crippen LogP contribution in [0.25, 0.3) is 0 Å². The number of hydrogen-bond donors (Lipinski definition) is 1. The van der Waals surface area contributed by atoms with Gasteiger partial charge in [-0.1, -0.05) is 19.8 Å². The Labute approximate surface area is 114 Å². The van der Waals surface area contributed by atoms with Crippen molar-refractivity contribution in [1.29, 1.82) is 0 Å². The maximum Gasteiger partial charge on any atom is 0.0124 e. The van der Waals surface area contributed by atoms with Crippen molar-refractivity contribution < 1.29 is 0 Å². The van der Waals surface area contributed by atoms with Gasteiger partial charge in [0, 0.05) is 18.6 Å². The molecule has 3 unspecified atom stereocenters. The van der Waals surface area contributed by atoms with Gasteiger partial charge in [0.15, 0.2) is 0 Å². The van der Waals surface area contributed by atoms with Gasteiger partial charge < -0.3 is 5.32 Å². The molecule has 1 saturated heterocycles. The predicted molar refractivity (Wildman–Crippen MR) is 78.9 cm³/mol. The molecule has 1 heterocycles. The molecule has 3 atom stereocenters. The molecule has 2 heteroatoms. The molecule has 0 bridgehead atoms. The summed E-state index contributed by atoms with van der Waals surface area (Å²) in [5.74, 6) is 1.79. The van der Waals surface area contributed by atoms with Crippen molar-refractivity contribution in [2.75, 3.05) is 19.6 Å². The summed E-state index contributed by atoms with van der Waals surface area (Å²) in [5, 5.41) is 3.57. The highest BCUT2D eigenvalue weighted by Crippen LogP contribution is 2.30. The number of nitrogens with zero attached hydrogens (tertiary/aromatic N) is 1. The second kappa shape index (κ2) is 6.91. The Bertz CT molecular complexity index is 233. The van der Waals surface area contributed by atoms with E-state index in [4.69, 9.17) is 0 Å². The van der Waals surface area contributed by atoms with Crippen LogP contribution >= 0.6 is 0 Å². The Morgan fingerprint density at radius 1 is 1.11 bits per heavy atom. The number of nitrogens with one attached hydrogen (secondary N) is 1. The third-order valence-electron chi connectivity index (χ3n) is 5.02. The van der Waals surface area contributed by atoms with Crippen LogP contribution in [-0.2, 0) is 0 Å². The highest BCUT2D eigenvalue weighted by atomic mass is 15.2. The lowest BCUT2D eigenvalue weighted by molar-refractivity contribution is 0.0618. The van der Waals surface area contributed by atoms with E-state index in [1.54, 1.807) is 0 Å². The summed E-state index contributed by atoms with van der Waals surface area (Å²) in [5.41, 5.74) is 0. The van der Waals surface area contributed by atoms with Gasteiger partial charge >= 0.3 is 0 Å². The van der Waals surface area contributed by atoms with E-state index in [-0.39, 0.29) is 0 Å². The van der Waals surface area contributed by atoms with Crippen molar-refractivity contribution in [3.8, 4) is 0 Å². The molecule has 0 radical (unpaired) electrons. The van der Waals surface area contributed by atoms with E-state index in [9.17, 15) is 0 Å². The molecule has 1 N–H and O–H groups in total. The van der Waals surface area contributed by atoms with Gasteiger partial charge in [-0.15, -0.1) is 0 Å². The zero-order valence-electron chi connectivity index (χ0n) is 12.6. The normalized spacial score (nSPS) is 34.2. The quantitative estimate of drug-likeness (QED) is 0.826. The molecule has 0 aromatic heterocycles. The minimum Gasteiger partial charge on any atom is -0.316 e. The molecule has 18 heavy (non-hydrogen) atoms. The molecule has 2 rings (SSSR count). The molecule has 0 aromatic rings. The van der Waals surface area contributed by atoms with Crippen molar-refractivity contribution in [2.24, 2.45) is 11.8 Å². The fourth-order valence-corrected chi connectivity index (χ4v) is 3.90. The molecule has 1 saturated carbocycles. The Morgan fingerprint density at radius 3 is 2.50 bits per heavy atom. The van der Waals surface area contributed by atoms with Crippen molar-refractivity contribution in [2.45, 2.75) is 71.4 Å². The van der Waals surface area contributed by atoms with Gasteiger partial charge in [0.2, 0.25) is 0 Å². The lowest BCUT2D eigenvalue weighted by Crippen LogP contribution is -2.49. The topological polar surface area (TPSA) is 15.3 Å². The van der Waals surface area contributed by atoms with Gasteiger partial charge in [-0.2, -0.15) is 0 Å². The van der Waals surface area contributed by atoms with Crippen molar-refractivity contribution >= 4 is 0 Å². The van der Waals surface area contributed by atoms with E-state index in [2.05, 4.69) is 31.0 Å². The monoisotopic (exact) mass is 252 g/mol. The lowest BCUT2D eigenvalue weighted by Gasteiger charge is -2.43.